The largest absolute Gasteiger partial charge is 0.394 e. The molecule has 0 unspecified atom stereocenters. The highest BCUT2D eigenvalue weighted by Gasteiger charge is 2.45. The van der Waals surface area contributed by atoms with Gasteiger partial charge in [0.1, 0.15) is 24.6 Å². The number of fused-ring (bicyclic) bond motifs is 1. The average Bonchev–Trinajstić information content (AvgIpc) is 3.15. The molecule has 4 atom stereocenters. The van der Waals surface area contributed by atoms with Crippen LogP contribution in [0.25, 0.3) is 11.2 Å². The quantitative estimate of drug-likeness (QED) is 0.594. The van der Waals surface area contributed by atoms with Gasteiger partial charge in [0.25, 0.3) is 0 Å². The number of hydrogen-bond donors (Lipinski definition) is 4. The second-order valence-electron chi connectivity index (χ2n) is 6.80. The van der Waals surface area contributed by atoms with Gasteiger partial charge in [-0.1, -0.05) is 31.0 Å². The van der Waals surface area contributed by atoms with E-state index in [1.165, 1.54) is 25.6 Å². The highest BCUT2D eigenvalue weighted by molar-refractivity contribution is 7.99. The summed E-state index contributed by atoms with van der Waals surface area (Å²) in [6, 6.07) is 0. The van der Waals surface area contributed by atoms with Crippen LogP contribution in [0.15, 0.2) is 11.5 Å². The van der Waals surface area contributed by atoms with Gasteiger partial charge in [-0.3, -0.25) is 4.57 Å². The monoisotopic (exact) mass is 381 g/mol. The number of anilines is 1. The summed E-state index contributed by atoms with van der Waals surface area (Å²) < 4.78 is 7.39. The van der Waals surface area contributed by atoms with Gasteiger partial charge in [0.15, 0.2) is 28.4 Å². The van der Waals surface area contributed by atoms with Crippen molar-refractivity contribution in [3.8, 4) is 0 Å². The fourth-order valence-corrected chi connectivity index (χ4v) is 4.96. The molecular formula is C16H23N5O4S. The van der Waals surface area contributed by atoms with Crippen molar-refractivity contribution in [1.82, 2.24) is 19.5 Å². The maximum Gasteiger partial charge on any atom is 0.172 e. The normalized spacial score (nSPS) is 30.3. The summed E-state index contributed by atoms with van der Waals surface area (Å²) in [4.78, 5) is 12.9. The van der Waals surface area contributed by atoms with Crippen molar-refractivity contribution in [2.75, 3.05) is 12.3 Å². The molecule has 3 heterocycles. The van der Waals surface area contributed by atoms with E-state index in [0.717, 1.165) is 12.8 Å². The maximum atomic E-state index is 10.5. The molecule has 0 bridgehead atoms. The van der Waals surface area contributed by atoms with Crippen LogP contribution in [0.1, 0.15) is 38.3 Å². The smallest absolute Gasteiger partial charge is 0.172 e. The van der Waals surface area contributed by atoms with Crippen LogP contribution < -0.4 is 5.73 Å². The van der Waals surface area contributed by atoms with Crippen LogP contribution in [0.4, 0.5) is 5.82 Å². The summed E-state index contributed by atoms with van der Waals surface area (Å²) in [5, 5.41) is 31.0. The fourth-order valence-electron chi connectivity index (χ4n) is 3.64. The van der Waals surface area contributed by atoms with Gasteiger partial charge in [0, 0.05) is 5.25 Å². The molecule has 142 valence electrons. The first-order chi connectivity index (χ1) is 12.6. The van der Waals surface area contributed by atoms with E-state index in [0.29, 0.717) is 21.6 Å². The van der Waals surface area contributed by atoms with Crippen molar-refractivity contribution in [2.45, 2.75) is 67.1 Å². The second kappa shape index (κ2) is 7.28. The summed E-state index contributed by atoms with van der Waals surface area (Å²) in [5.74, 6) is 0.256. The molecular weight excluding hydrogens is 358 g/mol. The molecule has 1 aliphatic carbocycles. The molecule has 1 aliphatic heterocycles. The zero-order chi connectivity index (χ0) is 18.3. The van der Waals surface area contributed by atoms with E-state index in [1.807, 2.05) is 0 Å². The number of aliphatic hydroxyl groups is 3. The minimum atomic E-state index is -1.20. The Morgan fingerprint density at radius 3 is 2.65 bits per heavy atom. The van der Waals surface area contributed by atoms with Gasteiger partial charge in [-0.25, -0.2) is 15.0 Å². The average molecular weight is 381 g/mol. The first kappa shape index (κ1) is 17.9. The molecule has 9 nitrogen and oxygen atoms in total. The standard InChI is InChI=1S/C16H23N5O4S/c17-13-10-14(19-7-18-13)21(15-12(24)11(23)9(6-22)25-15)16(20-10)26-8-4-2-1-3-5-8/h7-9,11-12,15,22-24H,1-6H2,(H2,17,18,19)/t9-,11-,12-,15-/m1/s1. The second-order valence-corrected chi connectivity index (χ2v) is 8.07. The number of ether oxygens (including phenoxy) is 1. The van der Waals surface area contributed by atoms with Gasteiger partial charge in [-0.15, -0.1) is 0 Å². The number of nitrogens with two attached hydrogens (primary N) is 1. The molecule has 5 N–H and O–H groups in total. The van der Waals surface area contributed by atoms with Crippen LogP contribution in [0.2, 0.25) is 0 Å². The van der Waals surface area contributed by atoms with Crippen molar-refractivity contribution in [1.29, 1.82) is 0 Å². The van der Waals surface area contributed by atoms with Gasteiger partial charge >= 0.3 is 0 Å². The Morgan fingerprint density at radius 1 is 1.19 bits per heavy atom. The van der Waals surface area contributed by atoms with Crippen LogP contribution >= 0.6 is 11.8 Å². The van der Waals surface area contributed by atoms with Crippen molar-refractivity contribution < 1.29 is 20.1 Å². The lowest BCUT2D eigenvalue weighted by Gasteiger charge is -2.23. The molecule has 0 amide bonds. The van der Waals surface area contributed by atoms with E-state index in [2.05, 4.69) is 15.0 Å². The number of aliphatic hydroxyl groups excluding tert-OH is 3. The Bertz CT molecular complexity index is 781. The van der Waals surface area contributed by atoms with Crippen LogP contribution in [-0.4, -0.2) is 65.0 Å². The summed E-state index contributed by atoms with van der Waals surface area (Å²) in [6.45, 7) is -0.385. The van der Waals surface area contributed by atoms with Gasteiger partial charge in [-0.05, 0) is 12.8 Å². The van der Waals surface area contributed by atoms with Gasteiger partial charge in [0.05, 0.1) is 6.61 Å². The first-order valence-electron chi connectivity index (χ1n) is 8.87. The van der Waals surface area contributed by atoms with E-state index >= 15 is 0 Å². The number of rotatable bonds is 4. The van der Waals surface area contributed by atoms with Crippen molar-refractivity contribution in [3.63, 3.8) is 0 Å². The first-order valence-corrected chi connectivity index (χ1v) is 9.75. The highest BCUT2D eigenvalue weighted by Crippen LogP contribution is 2.39. The maximum absolute atomic E-state index is 10.5. The highest BCUT2D eigenvalue weighted by atomic mass is 32.2. The summed E-state index contributed by atoms with van der Waals surface area (Å²) in [7, 11) is 0. The Labute approximate surface area is 154 Å². The topological polar surface area (TPSA) is 140 Å². The van der Waals surface area contributed by atoms with Crippen molar-refractivity contribution in [3.05, 3.63) is 6.33 Å². The van der Waals surface area contributed by atoms with Gasteiger partial charge < -0.3 is 25.8 Å². The number of nitrogens with zero attached hydrogens (tertiary/aromatic N) is 4. The molecule has 10 heteroatoms. The molecule has 0 radical (unpaired) electrons. The number of thioether (sulfide) groups is 1. The summed E-state index contributed by atoms with van der Waals surface area (Å²) in [5.41, 5.74) is 6.85. The molecule has 26 heavy (non-hydrogen) atoms. The number of nitrogen functional groups attached to an aromatic ring is 1. The van der Waals surface area contributed by atoms with Gasteiger partial charge in [-0.2, -0.15) is 0 Å². The third kappa shape index (κ3) is 3.05. The molecule has 1 saturated carbocycles. The molecule has 1 saturated heterocycles. The third-order valence-corrected chi connectivity index (χ3v) is 6.37. The predicted molar refractivity (Wildman–Crippen MR) is 95.5 cm³/mol. The molecule has 2 aliphatic rings. The lowest BCUT2D eigenvalue weighted by molar-refractivity contribution is -0.0548. The Hall–Kier alpha value is -1.46. The minimum Gasteiger partial charge on any atom is -0.394 e. The Balaban J connectivity index is 1.76. The SMILES string of the molecule is Nc1ncnc2c1nc(SC1CCCCC1)n2[C@@H]1O[C@H](CO)[C@@H](O)[C@H]1O. The van der Waals surface area contributed by atoms with E-state index < -0.39 is 24.5 Å². The van der Waals surface area contributed by atoms with Crippen LogP contribution in [-0.2, 0) is 4.74 Å². The Morgan fingerprint density at radius 2 is 1.96 bits per heavy atom. The summed E-state index contributed by atoms with van der Waals surface area (Å²) >= 11 is 1.62. The minimum absolute atomic E-state index is 0.256. The van der Waals surface area contributed by atoms with Crippen LogP contribution in [0, 0.1) is 0 Å². The predicted octanol–water partition coefficient (Wildman–Crippen LogP) is 0.445. The molecule has 0 spiro atoms. The summed E-state index contributed by atoms with van der Waals surface area (Å²) in [6.07, 6.45) is 3.02. The molecule has 2 aromatic rings. The van der Waals surface area contributed by atoms with Crippen LogP contribution in [0.5, 0.6) is 0 Å². The number of hydrogen-bond acceptors (Lipinski definition) is 9. The van der Waals surface area contributed by atoms with Gasteiger partial charge in [0.2, 0.25) is 0 Å². The van der Waals surface area contributed by atoms with Crippen LogP contribution in [0.3, 0.4) is 0 Å². The molecule has 2 fully saturated rings. The molecule has 4 rings (SSSR count). The van der Waals surface area contributed by atoms with E-state index in [1.54, 1.807) is 16.3 Å². The van der Waals surface area contributed by atoms with Crippen molar-refractivity contribution in [2.24, 2.45) is 0 Å². The lowest BCUT2D eigenvalue weighted by atomic mass is 10.0. The number of aromatic nitrogens is 4. The lowest BCUT2D eigenvalue weighted by Crippen LogP contribution is -2.33. The fraction of sp³-hybridized carbons (Fsp3) is 0.688. The van der Waals surface area contributed by atoms with E-state index in [-0.39, 0.29) is 12.4 Å². The zero-order valence-corrected chi connectivity index (χ0v) is 15.0. The zero-order valence-electron chi connectivity index (χ0n) is 14.2. The molecule has 2 aromatic heterocycles. The number of imidazole rings is 1. The Kier molecular flexibility index (Phi) is 5.02. The van der Waals surface area contributed by atoms with E-state index in [4.69, 9.17) is 10.5 Å². The third-order valence-electron chi connectivity index (χ3n) is 5.07. The van der Waals surface area contributed by atoms with E-state index in [9.17, 15) is 15.3 Å². The van der Waals surface area contributed by atoms with Crippen molar-refractivity contribution >= 4 is 28.7 Å². The molecule has 0 aromatic carbocycles.